The van der Waals surface area contributed by atoms with Gasteiger partial charge in [-0.2, -0.15) is 0 Å². The molecule has 0 saturated heterocycles. The van der Waals surface area contributed by atoms with Crippen molar-refractivity contribution < 1.29 is 14.3 Å². The molecule has 0 amide bonds. The Morgan fingerprint density at radius 3 is 3.00 bits per heavy atom. The number of hydrogen-bond acceptors (Lipinski definition) is 3. The van der Waals surface area contributed by atoms with Crippen molar-refractivity contribution in [3.05, 3.63) is 35.4 Å². The van der Waals surface area contributed by atoms with E-state index in [0.29, 0.717) is 25.0 Å². The average Bonchev–Trinajstić information content (AvgIpc) is 2.35. The van der Waals surface area contributed by atoms with Gasteiger partial charge in [0, 0.05) is 17.5 Å². The zero-order chi connectivity index (χ0) is 12.5. The molecule has 0 aromatic heterocycles. The summed E-state index contributed by atoms with van der Waals surface area (Å²) in [6.45, 7) is 2.17. The van der Waals surface area contributed by atoms with Crippen LogP contribution in [0.15, 0.2) is 24.3 Å². The Labute approximate surface area is 101 Å². The van der Waals surface area contributed by atoms with Crippen molar-refractivity contribution in [2.75, 3.05) is 6.61 Å². The maximum atomic E-state index is 11.0. The monoisotopic (exact) mass is 230 g/mol. The Morgan fingerprint density at radius 2 is 2.29 bits per heavy atom. The molecule has 0 aliphatic heterocycles. The molecule has 0 spiro atoms. The van der Waals surface area contributed by atoms with Crippen LogP contribution in [0.2, 0.25) is 0 Å². The number of aldehydes is 1. The fraction of sp³-hybridized carbons (Fsp3) is 0.286. The first-order valence-corrected chi connectivity index (χ1v) is 5.46. The van der Waals surface area contributed by atoms with Gasteiger partial charge in [-0.3, -0.25) is 9.59 Å². The second-order valence-electron chi connectivity index (χ2n) is 3.35. The van der Waals surface area contributed by atoms with Crippen LogP contribution < -0.4 is 0 Å². The number of hydrogen-bond donors (Lipinski definition) is 0. The summed E-state index contributed by atoms with van der Waals surface area (Å²) in [6, 6.07) is 7.03. The Kier molecular flexibility index (Phi) is 5.53. The van der Waals surface area contributed by atoms with Crippen LogP contribution in [0.3, 0.4) is 0 Å². The fourth-order valence-electron chi connectivity index (χ4n) is 1.25. The Morgan fingerprint density at radius 1 is 1.47 bits per heavy atom. The molecular formula is C14H14O3. The van der Waals surface area contributed by atoms with E-state index in [4.69, 9.17) is 4.74 Å². The highest BCUT2D eigenvalue weighted by molar-refractivity contribution is 5.75. The third-order valence-electron chi connectivity index (χ3n) is 2.01. The number of carbonyl (C=O) groups excluding carboxylic acids is 2. The SMILES string of the molecule is CCOC(=O)CCC#Cc1cccc(C=O)c1. The molecule has 0 aliphatic carbocycles. The van der Waals surface area contributed by atoms with Crippen LogP contribution in [-0.2, 0) is 9.53 Å². The van der Waals surface area contributed by atoms with Gasteiger partial charge in [-0.1, -0.05) is 24.0 Å². The standard InChI is InChI=1S/C14H14O3/c1-2-17-14(16)9-4-3-6-12-7-5-8-13(10-12)11-15/h5,7-8,10-11H,2,4,9H2,1H3. The molecule has 0 heterocycles. The summed E-state index contributed by atoms with van der Waals surface area (Å²) in [5.41, 5.74) is 1.38. The van der Waals surface area contributed by atoms with E-state index in [9.17, 15) is 9.59 Å². The minimum absolute atomic E-state index is 0.233. The van der Waals surface area contributed by atoms with E-state index in [1.165, 1.54) is 0 Å². The number of benzene rings is 1. The van der Waals surface area contributed by atoms with Crippen LogP contribution in [0, 0.1) is 11.8 Å². The number of rotatable bonds is 4. The lowest BCUT2D eigenvalue weighted by atomic mass is 10.1. The van der Waals surface area contributed by atoms with Crippen molar-refractivity contribution in [2.45, 2.75) is 19.8 Å². The zero-order valence-corrected chi connectivity index (χ0v) is 9.73. The zero-order valence-electron chi connectivity index (χ0n) is 9.73. The van der Waals surface area contributed by atoms with Gasteiger partial charge in [0.05, 0.1) is 13.0 Å². The fourth-order valence-corrected chi connectivity index (χ4v) is 1.25. The first-order valence-electron chi connectivity index (χ1n) is 5.46. The molecule has 3 nitrogen and oxygen atoms in total. The van der Waals surface area contributed by atoms with Crippen molar-refractivity contribution >= 4 is 12.3 Å². The molecule has 3 heteroatoms. The smallest absolute Gasteiger partial charge is 0.306 e. The molecule has 0 aliphatic rings. The molecule has 17 heavy (non-hydrogen) atoms. The predicted molar refractivity (Wildman–Crippen MR) is 64.6 cm³/mol. The molecule has 1 aromatic rings. The van der Waals surface area contributed by atoms with Gasteiger partial charge in [-0.25, -0.2) is 0 Å². The highest BCUT2D eigenvalue weighted by Gasteiger charge is 1.98. The summed E-state index contributed by atoms with van der Waals surface area (Å²) in [4.78, 5) is 21.6. The third-order valence-corrected chi connectivity index (χ3v) is 2.01. The van der Waals surface area contributed by atoms with Gasteiger partial charge in [0.15, 0.2) is 0 Å². The molecular weight excluding hydrogens is 216 g/mol. The summed E-state index contributed by atoms with van der Waals surface area (Å²) < 4.78 is 4.78. The van der Waals surface area contributed by atoms with Crippen molar-refractivity contribution in [3.63, 3.8) is 0 Å². The summed E-state index contributed by atoms with van der Waals surface area (Å²) in [5, 5.41) is 0. The minimum Gasteiger partial charge on any atom is -0.466 e. The number of carbonyl (C=O) groups is 2. The van der Waals surface area contributed by atoms with E-state index >= 15 is 0 Å². The van der Waals surface area contributed by atoms with Crippen LogP contribution in [-0.4, -0.2) is 18.9 Å². The van der Waals surface area contributed by atoms with E-state index in [1.807, 2.05) is 6.07 Å². The average molecular weight is 230 g/mol. The number of esters is 1. The Balaban J connectivity index is 2.48. The van der Waals surface area contributed by atoms with Gasteiger partial charge in [0.25, 0.3) is 0 Å². The van der Waals surface area contributed by atoms with Gasteiger partial charge in [-0.15, -0.1) is 0 Å². The molecule has 0 saturated carbocycles. The lowest BCUT2D eigenvalue weighted by Crippen LogP contribution is -2.02. The molecule has 0 radical (unpaired) electrons. The van der Waals surface area contributed by atoms with E-state index < -0.39 is 0 Å². The molecule has 1 rings (SSSR count). The lowest BCUT2D eigenvalue weighted by Gasteiger charge is -1.96. The summed E-state index contributed by atoms with van der Waals surface area (Å²) >= 11 is 0. The summed E-state index contributed by atoms with van der Waals surface area (Å²) in [6.07, 6.45) is 1.54. The first-order chi connectivity index (χ1) is 8.26. The second-order valence-corrected chi connectivity index (χ2v) is 3.35. The van der Waals surface area contributed by atoms with Crippen LogP contribution >= 0.6 is 0 Å². The van der Waals surface area contributed by atoms with E-state index in [0.717, 1.165) is 11.8 Å². The predicted octanol–water partition coefficient (Wildman–Crippen LogP) is 2.19. The number of ether oxygens (including phenoxy) is 1. The molecule has 0 fully saturated rings. The van der Waals surface area contributed by atoms with Gasteiger partial charge >= 0.3 is 5.97 Å². The minimum atomic E-state index is -0.233. The summed E-state index contributed by atoms with van der Waals surface area (Å²) in [5.74, 6) is 5.54. The van der Waals surface area contributed by atoms with Crippen molar-refractivity contribution in [1.29, 1.82) is 0 Å². The Hall–Kier alpha value is -2.08. The molecule has 88 valence electrons. The molecule has 0 unspecified atom stereocenters. The van der Waals surface area contributed by atoms with Crippen LogP contribution in [0.1, 0.15) is 35.7 Å². The molecule has 0 atom stereocenters. The van der Waals surface area contributed by atoms with Gasteiger partial charge in [0.2, 0.25) is 0 Å². The molecule has 0 bridgehead atoms. The largest absolute Gasteiger partial charge is 0.466 e. The van der Waals surface area contributed by atoms with Crippen molar-refractivity contribution in [3.8, 4) is 11.8 Å². The van der Waals surface area contributed by atoms with E-state index in [-0.39, 0.29) is 5.97 Å². The quantitative estimate of drug-likeness (QED) is 0.452. The van der Waals surface area contributed by atoms with Crippen LogP contribution in [0.4, 0.5) is 0 Å². The molecule has 0 N–H and O–H groups in total. The highest BCUT2D eigenvalue weighted by atomic mass is 16.5. The van der Waals surface area contributed by atoms with Gasteiger partial charge in [0.1, 0.15) is 6.29 Å². The van der Waals surface area contributed by atoms with Gasteiger partial charge in [-0.05, 0) is 19.1 Å². The van der Waals surface area contributed by atoms with Crippen molar-refractivity contribution in [2.24, 2.45) is 0 Å². The highest BCUT2D eigenvalue weighted by Crippen LogP contribution is 2.01. The summed E-state index contributed by atoms with van der Waals surface area (Å²) in [7, 11) is 0. The second kappa shape index (κ2) is 7.24. The maximum absolute atomic E-state index is 11.0. The molecule has 1 aromatic carbocycles. The van der Waals surface area contributed by atoms with E-state index in [1.54, 1.807) is 25.1 Å². The van der Waals surface area contributed by atoms with Crippen LogP contribution in [0.25, 0.3) is 0 Å². The normalized spacial score (nSPS) is 9.00. The van der Waals surface area contributed by atoms with Crippen LogP contribution in [0.5, 0.6) is 0 Å². The lowest BCUT2D eigenvalue weighted by molar-refractivity contribution is -0.142. The van der Waals surface area contributed by atoms with Crippen molar-refractivity contribution in [1.82, 2.24) is 0 Å². The Bertz CT molecular complexity index is 452. The maximum Gasteiger partial charge on any atom is 0.306 e. The third kappa shape index (κ3) is 4.98. The first kappa shape index (κ1) is 13.0. The van der Waals surface area contributed by atoms with Gasteiger partial charge < -0.3 is 4.74 Å². The van der Waals surface area contributed by atoms with E-state index in [2.05, 4.69) is 11.8 Å². The topological polar surface area (TPSA) is 43.4 Å².